The largest absolute Gasteiger partial charge is 0.497 e. The Hall–Kier alpha value is -3.43. The fourth-order valence-corrected chi connectivity index (χ4v) is 5.02. The number of methoxy groups -OCH3 is 2. The quantitative estimate of drug-likeness (QED) is 0.771. The van der Waals surface area contributed by atoms with Crippen molar-refractivity contribution in [1.82, 2.24) is 0 Å². The van der Waals surface area contributed by atoms with Crippen LogP contribution in [0.5, 0.6) is 11.5 Å². The lowest BCUT2D eigenvalue weighted by molar-refractivity contribution is 0.169. The van der Waals surface area contributed by atoms with Crippen LogP contribution in [0.2, 0.25) is 0 Å². The van der Waals surface area contributed by atoms with Gasteiger partial charge in [0, 0.05) is 11.5 Å². The molecule has 3 rings (SSSR count). The van der Waals surface area contributed by atoms with E-state index in [1.165, 1.54) is 0 Å². The highest BCUT2D eigenvalue weighted by atomic mass is 16.5. The normalized spacial score (nSPS) is 24.7. The average molecular weight is 417 g/mol. The van der Waals surface area contributed by atoms with Gasteiger partial charge in [-0.2, -0.15) is 15.8 Å². The molecule has 0 unspecified atom stereocenters. The molecule has 0 saturated carbocycles. The fourth-order valence-electron chi connectivity index (χ4n) is 5.02. The monoisotopic (exact) mass is 416 g/mol. The molecule has 2 aliphatic carbocycles. The van der Waals surface area contributed by atoms with Crippen LogP contribution in [0.3, 0.4) is 0 Å². The lowest BCUT2D eigenvalue weighted by Crippen LogP contribution is -2.44. The minimum atomic E-state index is -1.69. The van der Waals surface area contributed by atoms with Crippen molar-refractivity contribution < 1.29 is 9.47 Å². The molecule has 2 aliphatic rings. The van der Waals surface area contributed by atoms with Crippen molar-refractivity contribution >= 4 is 0 Å². The smallest absolute Gasteiger partial charge is 0.191 e. The summed E-state index contributed by atoms with van der Waals surface area (Å²) in [4.78, 5) is 0. The molecule has 3 atom stereocenters. The molecule has 0 fully saturated rings. The number of nitrogens with two attached hydrogens (primary N) is 1. The maximum Gasteiger partial charge on any atom is 0.191 e. The van der Waals surface area contributed by atoms with Gasteiger partial charge in [0.05, 0.1) is 37.6 Å². The number of fused-ring (bicyclic) bond motifs is 1. The van der Waals surface area contributed by atoms with E-state index in [9.17, 15) is 15.8 Å². The first-order valence-electron chi connectivity index (χ1n) is 10.3. The van der Waals surface area contributed by atoms with Gasteiger partial charge in [0.15, 0.2) is 5.41 Å². The zero-order valence-corrected chi connectivity index (χ0v) is 18.7. The molecule has 0 aromatic heterocycles. The van der Waals surface area contributed by atoms with Crippen LogP contribution in [0.25, 0.3) is 0 Å². The summed E-state index contributed by atoms with van der Waals surface area (Å²) < 4.78 is 11.1. The van der Waals surface area contributed by atoms with Crippen LogP contribution in [0.1, 0.15) is 45.1 Å². The lowest BCUT2D eigenvalue weighted by atomic mass is 9.54. The van der Waals surface area contributed by atoms with E-state index in [1.54, 1.807) is 26.4 Å². The fraction of sp³-hybridized carbons (Fsp3) is 0.480. The van der Waals surface area contributed by atoms with E-state index in [1.807, 2.05) is 6.07 Å². The van der Waals surface area contributed by atoms with E-state index in [4.69, 9.17) is 15.2 Å². The zero-order chi connectivity index (χ0) is 23.0. The standard InChI is InChI=1S/C25H28N4O2/c1-24(2,3)15-6-8-17-18(10-15)22(19-11-16(30-4)7-9-21(19)31-5)25(13-27,14-28)23(29)20(17)12-26/h7-9,11,15,18,22H,6,10,29H2,1-5H3/t15-,18+,22+/m1/s1. The highest BCUT2D eigenvalue weighted by molar-refractivity contribution is 5.61. The summed E-state index contributed by atoms with van der Waals surface area (Å²) in [6.45, 7) is 6.58. The van der Waals surface area contributed by atoms with Crippen LogP contribution in [-0.2, 0) is 0 Å². The SMILES string of the molecule is COc1ccc(OC)c([C@@H]2[C@H]3C[C@H](C(C)(C)C)CC=C3C(C#N)=C(N)C2(C#N)C#N)c1. The van der Waals surface area contributed by atoms with Gasteiger partial charge in [-0.1, -0.05) is 26.8 Å². The average Bonchev–Trinajstić information content (AvgIpc) is 2.77. The minimum Gasteiger partial charge on any atom is -0.497 e. The molecule has 2 N–H and O–H groups in total. The van der Waals surface area contributed by atoms with Crippen molar-refractivity contribution in [2.45, 2.75) is 39.5 Å². The number of hydrogen-bond donors (Lipinski definition) is 1. The lowest BCUT2D eigenvalue weighted by Gasteiger charge is -2.47. The van der Waals surface area contributed by atoms with Crippen LogP contribution >= 0.6 is 0 Å². The zero-order valence-electron chi connectivity index (χ0n) is 18.7. The third kappa shape index (κ3) is 3.41. The Morgan fingerprint density at radius 3 is 2.29 bits per heavy atom. The molecule has 0 radical (unpaired) electrons. The van der Waals surface area contributed by atoms with Gasteiger partial charge >= 0.3 is 0 Å². The summed E-state index contributed by atoms with van der Waals surface area (Å²) in [5, 5.41) is 30.4. The number of allylic oxidation sites excluding steroid dienone is 4. The van der Waals surface area contributed by atoms with Crippen molar-refractivity contribution in [1.29, 1.82) is 15.8 Å². The first-order chi connectivity index (χ1) is 14.7. The van der Waals surface area contributed by atoms with Crippen LogP contribution in [0, 0.1) is 56.7 Å². The molecular weight excluding hydrogens is 388 g/mol. The van der Waals surface area contributed by atoms with Gasteiger partial charge in [-0.15, -0.1) is 0 Å². The van der Waals surface area contributed by atoms with Gasteiger partial charge in [-0.05, 0) is 53.9 Å². The first-order valence-corrected chi connectivity index (χ1v) is 10.3. The summed E-state index contributed by atoms with van der Waals surface area (Å²) in [7, 11) is 3.13. The predicted octanol–water partition coefficient (Wildman–Crippen LogP) is 4.57. The van der Waals surface area contributed by atoms with Gasteiger partial charge in [-0.25, -0.2) is 0 Å². The molecule has 0 saturated heterocycles. The highest BCUT2D eigenvalue weighted by Crippen LogP contribution is 2.59. The summed E-state index contributed by atoms with van der Waals surface area (Å²) in [6.07, 6.45) is 3.64. The second-order valence-corrected chi connectivity index (χ2v) is 9.32. The number of ether oxygens (including phenoxy) is 2. The Morgan fingerprint density at radius 2 is 1.77 bits per heavy atom. The van der Waals surface area contributed by atoms with E-state index in [-0.39, 0.29) is 22.6 Å². The topological polar surface area (TPSA) is 116 Å². The van der Waals surface area contributed by atoms with Crippen LogP contribution in [0.15, 0.2) is 41.1 Å². The van der Waals surface area contributed by atoms with E-state index < -0.39 is 11.3 Å². The number of nitriles is 3. The van der Waals surface area contributed by atoms with Gasteiger partial charge in [0.1, 0.15) is 17.6 Å². The van der Waals surface area contributed by atoms with Crippen molar-refractivity contribution in [2.24, 2.45) is 28.4 Å². The molecule has 0 aliphatic heterocycles. The molecule has 1 aromatic carbocycles. The van der Waals surface area contributed by atoms with Gasteiger partial charge in [-0.3, -0.25) is 0 Å². The molecule has 1 aromatic rings. The Balaban J connectivity index is 2.37. The molecule has 0 amide bonds. The maximum atomic E-state index is 10.3. The molecule has 6 heteroatoms. The van der Waals surface area contributed by atoms with Crippen LogP contribution in [-0.4, -0.2) is 14.2 Å². The Bertz CT molecular complexity index is 1060. The summed E-state index contributed by atoms with van der Waals surface area (Å²) in [6, 6.07) is 11.9. The van der Waals surface area contributed by atoms with E-state index in [2.05, 4.69) is 45.1 Å². The van der Waals surface area contributed by atoms with E-state index >= 15 is 0 Å². The molecular formula is C25H28N4O2. The molecule has 0 spiro atoms. The highest BCUT2D eigenvalue weighted by Gasteiger charge is 2.55. The third-order valence-electron chi connectivity index (χ3n) is 6.87. The summed E-state index contributed by atoms with van der Waals surface area (Å²) >= 11 is 0. The molecule has 160 valence electrons. The number of rotatable bonds is 3. The van der Waals surface area contributed by atoms with Crippen LogP contribution < -0.4 is 15.2 Å². The second kappa shape index (κ2) is 8.01. The second-order valence-electron chi connectivity index (χ2n) is 9.32. The number of nitrogens with zero attached hydrogens (tertiary/aromatic N) is 3. The van der Waals surface area contributed by atoms with Gasteiger partial charge in [0.25, 0.3) is 0 Å². The van der Waals surface area contributed by atoms with E-state index in [0.29, 0.717) is 23.0 Å². The van der Waals surface area contributed by atoms with Crippen molar-refractivity contribution in [2.75, 3.05) is 14.2 Å². The summed E-state index contributed by atoms with van der Waals surface area (Å²) in [5.41, 5.74) is 6.56. The number of benzene rings is 1. The van der Waals surface area contributed by atoms with Gasteiger partial charge < -0.3 is 15.2 Å². The van der Waals surface area contributed by atoms with E-state index in [0.717, 1.165) is 18.4 Å². The van der Waals surface area contributed by atoms with Gasteiger partial charge in [0.2, 0.25) is 0 Å². The maximum absolute atomic E-state index is 10.3. The molecule has 6 nitrogen and oxygen atoms in total. The van der Waals surface area contributed by atoms with Crippen molar-refractivity contribution in [3.05, 3.63) is 46.7 Å². The first kappa shape index (κ1) is 22.3. The summed E-state index contributed by atoms with van der Waals surface area (Å²) in [5.74, 6) is 0.671. The van der Waals surface area contributed by atoms with Crippen molar-refractivity contribution in [3.63, 3.8) is 0 Å². The minimum absolute atomic E-state index is 0.0200. The Morgan fingerprint density at radius 1 is 1.10 bits per heavy atom. The Kier molecular flexibility index (Phi) is 5.75. The van der Waals surface area contributed by atoms with Crippen LogP contribution in [0.4, 0.5) is 0 Å². The molecule has 31 heavy (non-hydrogen) atoms. The third-order valence-corrected chi connectivity index (χ3v) is 6.87. The Labute approximate surface area is 184 Å². The predicted molar refractivity (Wildman–Crippen MR) is 117 cm³/mol. The molecule has 0 bridgehead atoms. The molecule has 0 heterocycles. The number of hydrogen-bond acceptors (Lipinski definition) is 6. The van der Waals surface area contributed by atoms with Crippen molar-refractivity contribution in [3.8, 4) is 29.7 Å².